The molecular weight excluding hydrogens is 287 g/mol. The van der Waals surface area contributed by atoms with Crippen molar-refractivity contribution in [3.63, 3.8) is 0 Å². The van der Waals surface area contributed by atoms with Gasteiger partial charge in [-0.25, -0.2) is 9.18 Å². The second kappa shape index (κ2) is 5.94. The van der Waals surface area contributed by atoms with Gasteiger partial charge in [0.05, 0.1) is 12.0 Å². The van der Waals surface area contributed by atoms with E-state index in [2.05, 4.69) is 5.32 Å². The van der Waals surface area contributed by atoms with Crippen molar-refractivity contribution in [1.29, 1.82) is 0 Å². The van der Waals surface area contributed by atoms with E-state index in [0.29, 0.717) is 25.9 Å². The van der Waals surface area contributed by atoms with Crippen molar-refractivity contribution in [3.05, 3.63) is 35.1 Å². The molecule has 1 aliphatic carbocycles. The molecule has 118 valence electrons. The number of piperidine rings is 1. The van der Waals surface area contributed by atoms with E-state index in [4.69, 9.17) is 5.11 Å². The highest BCUT2D eigenvalue weighted by atomic mass is 19.1. The molecule has 2 amide bonds. The Morgan fingerprint density at radius 2 is 1.95 bits per heavy atom. The first-order valence-corrected chi connectivity index (χ1v) is 7.61. The summed E-state index contributed by atoms with van der Waals surface area (Å²) in [6.45, 7) is 0.928. The fourth-order valence-corrected chi connectivity index (χ4v) is 3.31. The summed E-state index contributed by atoms with van der Waals surface area (Å²) in [4.78, 5) is 24.9. The molecule has 2 aliphatic rings. The van der Waals surface area contributed by atoms with Crippen LogP contribution in [0.5, 0.6) is 0 Å². The van der Waals surface area contributed by atoms with Gasteiger partial charge in [0.2, 0.25) is 0 Å². The molecule has 0 saturated carbocycles. The zero-order chi connectivity index (χ0) is 15.7. The number of urea groups is 1. The van der Waals surface area contributed by atoms with Crippen LogP contribution < -0.4 is 5.32 Å². The van der Waals surface area contributed by atoms with Crippen LogP contribution in [0, 0.1) is 11.7 Å². The minimum Gasteiger partial charge on any atom is -0.481 e. The van der Waals surface area contributed by atoms with Crippen molar-refractivity contribution in [2.24, 2.45) is 5.92 Å². The van der Waals surface area contributed by atoms with Crippen molar-refractivity contribution < 1.29 is 19.1 Å². The van der Waals surface area contributed by atoms with Gasteiger partial charge in [0.15, 0.2) is 0 Å². The summed E-state index contributed by atoms with van der Waals surface area (Å²) in [5.74, 6) is -1.38. The Morgan fingerprint density at radius 3 is 2.64 bits per heavy atom. The largest absolute Gasteiger partial charge is 0.481 e. The number of halogens is 1. The molecule has 0 spiro atoms. The first-order chi connectivity index (χ1) is 10.5. The molecule has 5 nitrogen and oxygen atoms in total. The average Bonchev–Trinajstić information content (AvgIpc) is 2.89. The number of aryl methyl sites for hydroxylation is 1. The number of carboxylic acid groups (broad SMARTS) is 1. The lowest BCUT2D eigenvalue weighted by molar-refractivity contribution is -0.143. The number of nitrogens with one attached hydrogen (secondary N) is 1. The molecule has 1 saturated heterocycles. The van der Waals surface area contributed by atoms with Crippen molar-refractivity contribution in [2.75, 3.05) is 13.1 Å². The molecule has 1 aliphatic heterocycles. The molecular formula is C16H19FN2O3. The number of amides is 2. The van der Waals surface area contributed by atoms with Gasteiger partial charge >= 0.3 is 12.0 Å². The number of hydrogen-bond acceptors (Lipinski definition) is 2. The summed E-state index contributed by atoms with van der Waals surface area (Å²) in [6, 6.07) is 4.44. The first-order valence-electron chi connectivity index (χ1n) is 7.61. The highest BCUT2D eigenvalue weighted by Gasteiger charge is 2.30. The Hall–Kier alpha value is -2.11. The number of carbonyl (C=O) groups is 2. The molecule has 0 bridgehead atoms. The fraction of sp³-hybridized carbons (Fsp3) is 0.500. The maximum atomic E-state index is 13.2. The molecule has 2 N–H and O–H groups in total. The topological polar surface area (TPSA) is 69.6 Å². The predicted octanol–water partition coefficient (Wildman–Crippen LogP) is 2.32. The van der Waals surface area contributed by atoms with E-state index in [1.165, 1.54) is 12.1 Å². The molecule has 1 aromatic rings. The summed E-state index contributed by atoms with van der Waals surface area (Å²) >= 11 is 0. The van der Waals surface area contributed by atoms with Gasteiger partial charge in [-0.2, -0.15) is 0 Å². The number of rotatable bonds is 2. The zero-order valence-electron chi connectivity index (χ0n) is 12.2. The third kappa shape index (κ3) is 2.91. The number of carboxylic acids is 1. The molecule has 1 fully saturated rings. The van der Waals surface area contributed by atoms with Crippen LogP contribution in [0.4, 0.5) is 9.18 Å². The van der Waals surface area contributed by atoms with Crippen molar-refractivity contribution >= 4 is 12.0 Å². The van der Waals surface area contributed by atoms with Crippen LogP contribution in [0.1, 0.15) is 36.4 Å². The summed E-state index contributed by atoms with van der Waals surface area (Å²) in [7, 11) is 0. The molecule has 0 aromatic heterocycles. The van der Waals surface area contributed by atoms with Gasteiger partial charge in [-0.3, -0.25) is 4.79 Å². The number of aliphatic carboxylic acids is 1. The van der Waals surface area contributed by atoms with E-state index in [0.717, 1.165) is 24.0 Å². The summed E-state index contributed by atoms with van der Waals surface area (Å²) < 4.78 is 13.2. The molecule has 6 heteroatoms. The second-order valence-electron chi connectivity index (χ2n) is 5.98. The van der Waals surface area contributed by atoms with E-state index in [1.807, 2.05) is 0 Å². The quantitative estimate of drug-likeness (QED) is 0.881. The molecule has 3 rings (SSSR count). The lowest BCUT2D eigenvalue weighted by Crippen LogP contribution is -2.46. The lowest BCUT2D eigenvalue weighted by atomic mass is 9.97. The average molecular weight is 306 g/mol. The van der Waals surface area contributed by atoms with Crippen LogP contribution in [0.25, 0.3) is 0 Å². The van der Waals surface area contributed by atoms with Crippen LogP contribution in [-0.4, -0.2) is 35.1 Å². The van der Waals surface area contributed by atoms with Crippen LogP contribution in [-0.2, 0) is 11.2 Å². The minimum absolute atomic E-state index is 0.0831. The van der Waals surface area contributed by atoms with Crippen LogP contribution >= 0.6 is 0 Å². The molecule has 1 atom stereocenters. The number of benzene rings is 1. The maximum Gasteiger partial charge on any atom is 0.317 e. The number of likely N-dealkylation sites (tertiary alicyclic amines) is 1. The second-order valence-corrected chi connectivity index (χ2v) is 5.98. The number of hydrogen-bond donors (Lipinski definition) is 2. The Balaban J connectivity index is 1.59. The monoisotopic (exact) mass is 306 g/mol. The van der Waals surface area contributed by atoms with Gasteiger partial charge < -0.3 is 15.3 Å². The van der Waals surface area contributed by atoms with Crippen LogP contribution in [0.3, 0.4) is 0 Å². The summed E-state index contributed by atoms with van der Waals surface area (Å²) in [5.41, 5.74) is 1.94. The number of fused-ring (bicyclic) bond motifs is 1. The van der Waals surface area contributed by atoms with Gasteiger partial charge in [0.1, 0.15) is 5.82 Å². The van der Waals surface area contributed by atoms with Gasteiger partial charge in [0, 0.05) is 13.1 Å². The standard InChI is InChI=1S/C16H19FN2O3/c17-12-2-3-13-11(9-12)1-4-14(13)18-16(22)19-7-5-10(6-8-19)15(20)21/h2-3,9-10,14H,1,4-8H2,(H,18,22)(H,20,21). The molecule has 22 heavy (non-hydrogen) atoms. The predicted molar refractivity (Wildman–Crippen MR) is 77.9 cm³/mol. The van der Waals surface area contributed by atoms with E-state index in [9.17, 15) is 14.0 Å². The summed E-state index contributed by atoms with van der Waals surface area (Å²) in [5, 5.41) is 12.0. The molecule has 0 radical (unpaired) electrons. The van der Waals surface area contributed by atoms with E-state index < -0.39 is 5.97 Å². The van der Waals surface area contributed by atoms with Gasteiger partial charge in [-0.1, -0.05) is 6.07 Å². The number of carbonyl (C=O) groups excluding carboxylic acids is 1. The highest BCUT2D eigenvalue weighted by molar-refractivity contribution is 5.76. The van der Waals surface area contributed by atoms with Crippen molar-refractivity contribution in [2.45, 2.75) is 31.7 Å². The Bertz CT molecular complexity index is 597. The zero-order valence-corrected chi connectivity index (χ0v) is 12.2. The molecule has 1 unspecified atom stereocenters. The van der Waals surface area contributed by atoms with Crippen LogP contribution in [0.15, 0.2) is 18.2 Å². The highest BCUT2D eigenvalue weighted by Crippen LogP contribution is 2.31. The maximum absolute atomic E-state index is 13.2. The number of nitrogens with zero attached hydrogens (tertiary/aromatic N) is 1. The third-order valence-corrected chi connectivity index (χ3v) is 4.61. The Kier molecular flexibility index (Phi) is 4.00. The fourth-order valence-electron chi connectivity index (χ4n) is 3.31. The molecule has 1 heterocycles. The van der Waals surface area contributed by atoms with E-state index in [1.54, 1.807) is 11.0 Å². The minimum atomic E-state index is -0.785. The van der Waals surface area contributed by atoms with Crippen LogP contribution in [0.2, 0.25) is 0 Å². The van der Waals surface area contributed by atoms with Gasteiger partial charge in [0.25, 0.3) is 0 Å². The lowest BCUT2D eigenvalue weighted by Gasteiger charge is -2.31. The van der Waals surface area contributed by atoms with Gasteiger partial charge in [-0.15, -0.1) is 0 Å². The Labute approximate surface area is 128 Å². The third-order valence-electron chi connectivity index (χ3n) is 4.61. The first kappa shape index (κ1) is 14.8. The van der Waals surface area contributed by atoms with Gasteiger partial charge in [-0.05, 0) is 48.9 Å². The SMILES string of the molecule is O=C(O)C1CCN(C(=O)NC2CCc3cc(F)ccc32)CC1. The van der Waals surface area contributed by atoms with E-state index in [-0.39, 0.29) is 23.8 Å². The Morgan fingerprint density at radius 1 is 1.23 bits per heavy atom. The summed E-state index contributed by atoms with van der Waals surface area (Å²) in [6.07, 6.45) is 2.53. The van der Waals surface area contributed by atoms with E-state index >= 15 is 0 Å². The van der Waals surface area contributed by atoms with Crippen molar-refractivity contribution in [1.82, 2.24) is 10.2 Å². The van der Waals surface area contributed by atoms with Crippen molar-refractivity contribution in [3.8, 4) is 0 Å². The smallest absolute Gasteiger partial charge is 0.317 e. The normalized spacial score (nSPS) is 21.5. The molecule has 1 aromatic carbocycles.